The lowest BCUT2D eigenvalue weighted by Gasteiger charge is -2.12. The quantitative estimate of drug-likeness (QED) is 0.580. The van der Waals surface area contributed by atoms with Crippen molar-refractivity contribution in [2.45, 2.75) is 12.4 Å². The molecule has 10 heavy (non-hydrogen) atoms. The van der Waals surface area contributed by atoms with E-state index in [0.29, 0.717) is 11.1 Å². The van der Waals surface area contributed by atoms with Crippen molar-refractivity contribution in [2.75, 3.05) is 6.61 Å². The number of rotatable bonds is 0. The summed E-state index contributed by atoms with van der Waals surface area (Å²) in [7, 11) is 0. The summed E-state index contributed by atoms with van der Waals surface area (Å²) in [5.41, 5.74) is 0. The Morgan fingerprint density at radius 2 is 2.50 bits per heavy atom. The van der Waals surface area contributed by atoms with Crippen LogP contribution in [0.5, 0.6) is 0 Å². The van der Waals surface area contributed by atoms with Gasteiger partial charge in [-0.25, -0.2) is 0 Å². The summed E-state index contributed by atoms with van der Waals surface area (Å²) in [6, 6.07) is 0. The van der Waals surface area contributed by atoms with E-state index < -0.39 is 6.29 Å². The molecule has 2 aliphatic rings. The maximum absolute atomic E-state index is 11.0. The Bertz CT molecular complexity index is 211. The SMILES string of the molecule is O=C1C(Br)=CC2CO[C@@H]1O2. The van der Waals surface area contributed by atoms with Crippen LogP contribution in [0.1, 0.15) is 0 Å². The average Bonchev–Trinajstić information content (AvgIpc) is 2.29. The monoisotopic (exact) mass is 204 g/mol. The fourth-order valence-electron chi connectivity index (χ4n) is 1.00. The molecule has 0 aromatic carbocycles. The molecule has 54 valence electrons. The topological polar surface area (TPSA) is 35.5 Å². The number of hydrogen-bond donors (Lipinski definition) is 0. The maximum atomic E-state index is 11.0. The van der Waals surface area contributed by atoms with E-state index in [-0.39, 0.29) is 11.9 Å². The van der Waals surface area contributed by atoms with Gasteiger partial charge in [0.1, 0.15) is 6.10 Å². The minimum Gasteiger partial charge on any atom is -0.343 e. The summed E-state index contributed by atoms with van der Waals surface area (Å²) in [5.74, 6) is -0.117. The van der Waals surface area contributed by atoms with Crippen molar-refractivity contribution in [3.63, 3.8) is 0 Å². The van der Waals surface area contributed by atoms with Gasteiger partial charge in [0.15, 0.2) is 0 Å². The lowest BCUT2D eigenvalue weighted by atomic mass is 10.2. The van der Waals surface area contributed by atoms with E-state index in [1.165, 1.54) is 0 Å². The Kier molecular flexibility index (Phi) is 1.40. The number of hydrogen-bond acceptors (Lipinski definition) is 3. The third-order valence-corrected chi connectivity index (χ3v) is 2.15. The van der Waals surface area contributed by atoms with Crippen molar-refractivity contribution >= 4 is 21.7 Å². The Labute approximate surface area is 66.1 Å². The van der Waals surface area contributed by atoms with Crippen molar-refractivity contribution in [1.82, 2.24) is 0 Å². The van der Waals surface area contributed by atoms with Crippen LogP contribution in [-0.2, 0) is 14.3 Å². The van der Waals surface area contributed by atoms with Crippen LogP contribution in [0.3, 0.4) is 0 Å². The van der Waals surface area contributed by atoms with Gasteiger partial charge in [0, 0.05) is 0 Å². The van der Waals surface area contributed by atoms with E-state index in [1.54, 1.807) is 6.08 Å². The lowest BCUT2D eigenvalue weighted by molar-refractivity contribution is -0.142. The normalized spacial score (nSPS) is 38.1. The summed E-state index contributed by atoms with van der Waals surface area (Å²) in [6.45, 7) is 0.492. The number of halogens is 1. The number of Topliss-reactive ketones (excluding diaryl/α,β-unsaturated/α-hetero) is 1. The first-order valence-electron chi connectivity index (χ1n) is 2.96. The van der Waals surface area contributed by atoms with Gasteiger partial charge in [-0.3, -0.25) is 4.79 Å². The van der Waals surface area contributed by atoms with E-state index in [9.17, 15) is 4.79 Å². The van der Waals surface area contributed by atoms with Gasteiger partial charge in [0.2, 0.25) is 12.1 Å². The minimum absolute atomic E-state index is 0.0305. The van der Waals surface area contributed by atoms with Gasteiger partial charge < -0.3 is 9.47 Å². The van der Waals surface area contributed by atoms with Gasteiger partial charge in [0.25, 0.3) is 0 Å². The largest absolute Gasteiger partial charge is 0.343 e. The van der Waals surface area contributed by atoms with Crippen LogP contribution in [-0.4, -0.2) is 24.8 Å². The number of ether oxygens (including phenoxy) is 2. The van der Waals surface area contributed by atoms with Crippen LogP contribution in [0.2, 0.25) is 0 Å². The highest BCUT2D eigenvalue weighted by Gasteiger charge is 2.36. The second-order valence-electron chi connectivity index (χ2n) is 2.22. The molecule has 0 saturated carbocycles. The van der Waals surface area contributed by atoms with Gasteiger partial charge in [0.05, 0.1) is 11.1 Å². The molecule has 2 bridgehead atoms. The van der Waals surface area contributed by atoms with Crippen LogP contribution in [0, 0.1) is 0 Å². The Hall–Kier alpha value is -0.190. The standard InChI is InChI=1S/C6H5BrO3/c7-4-1-3-2-9-6(10-3)5(4)8/h1,3,6H,2H2/t3?,6-/m1/s1. The molecule has 4 heteroatoms. The zero-order valence-corrected chi connectivity index (χ0v) is 6.63. The molecule has 3 nitrogen and oxygen atoms in total. The summed E-state index contributed by atoms with van der Waals surface area (Å²) < 4.78 is 10.7. The van der Waals surface area contributed by atoms with E-state index in [0.717, 1.165) is 0 Å². The molecule has 2 aliphatic heterocycles. The molecule has 1 fully saturated rings. The van der Waals surface area contributed by atoms with E-state index in [1.807, 2.05) is 0 Å². The summed E-state index contributed by atoms with van der Waals surface area (Å²) in [6.07, 6.45) is 1.05. The molecule has 0 aliphatic carbocycles. The zero-order chi connectivity index (χ0) is 7.14. The molecule has 2 heterocycles. The van der Waals surface area contributed by atoms with Gasteiger partial charge in [-0.1, -0.05) is 0 Å². The highest BCUT2D eigenvalue weighted by molar-refractivity contribution is 9.12. The van der Waals surface area contributed by atoms with Gasteiger partial charge >= 0.3 is 0 Å². The molecular weight excluding hydrogens is 200 g/mol. The molecule has 0 N–H and O–H groups in total. The summed E-state index contributed by atoms with van der Waals surface area (Å²) in [4.78, 5) is 11.0. The zero-order valence-electron chi connectivity index (χ0n) is 5.04. The van der Waals surface area contributed by atoms with Crippen molar-refractivity contribution in [1.29, 1.82) is 0 Å². The summed E-state index contributed by atoms with van der Waals surface area (Å²) >= 11 is 3.13. The van der Waals surface area contributed by atoms with Crippen LogP contribution in [0.15, 0.2) is 10.6 Å². The third kappa shape index (κ3) is 0.836. The molecule has 1 saturated heterocycles. The van der Waals surface area contributed by atoms with Crippen molar-refractivity contribution < 1.29 is 14.3 Å². The first kappa shape index (κ1) is 6.52. The molecule has 0 spiro atoms. The summed E-state index contributed by atoms with van der Waals surface area (Å²) in [5, 5.41) is 0. The highest BCUT2D eigenvalue weighted by atomic mass is 79.9. The van der Waals surface area contributed by atoms with Gasteiger partial charge in [-0.15, -0.1) is 0 Å². The van der Waals surface area contributed by atoms with Crippen molar-refractivity contribution in [2.24, 2.45) is 0 Å². The molecule has 2 rings (SSSR count). The van der Waals surface area contributed by atoms with Crippen molar-refractivity contribution in [3.05, 3.63) is 10.6 Å². The molecular formula is C6H5BrO3. The molecule has 2 atom stereocenters. The van der Waals surface area contributed by atoms with E-state index in [2.05, 4.69) is 15.9 Å². The molecule has 0 amide bonds. The van der Waals surface area contributed by atoms with Crippen LogP contribution >= 0.6 is 15.9 Å². The first-order valence-corrected chi connectivity index (χ1v) is 3.75. The Morgan fingerprint density at radius 3 is 3.30 bits per heavy atom. The van der Waals surface area contributed by atoms with Crippen molar-refractivity contribution in [3.8, 4) is 0 Å². The fraction of sp³-hybridized carbons (Fsp3) is 0.500. The molecule has 0 radical (unpaired) electrons. The Morgan fingerprint density at radius 1 is 1.70 bits per heavy atom. The molecule has 0 aromatic heterocycles. The lowest BCUT2D eigenvalue weighted by Crippen LogP contribution is -2.26. The molecule has 0 aromatic rings. The van der Waals surface area contributed by atoms with Crippen LogP contribution in [0.4, 0.5) is 0 Å². The van der Waals surface area contributed by atoms with Gasteiger partial charge in [-0.2, -0.15) is 0 Å². The minimum atomic E-state index is -0.649. The maximum Gasteiger partial charge on any atom is 0.225 e. The predicted molar refractivity (Wildman–Crippen MR) is 36.6 cm³/mol. The van der Waals surface area contributed by atoms with Gasteiger partial charge in [-0.05, 0) is 22.0 Å². The molecule has 1 unspecified atom stereocenters. The van der Waals surface area contributed by atoms with Crippen LogP contribution in [0.25, 0.3) is 0 Å². The smallest absolute Gasteiger partial charge is 0.225 e. The highest BCUT2D eigenvalue weighted by Crippen LogP contribution is 2.26. The third-order valence-electron chi connectivity index (χ3n) is 1.49. The average molecular weight is 205 g/mol. The number of fused-ring (bicyclic) bond motifs is 2. The Balaban J connectivity index is 2.33. The van der Waals surface area contributed by atoms with E-state index in [4.69, 9.17) is 9.47 Å². The second-order valence-corrected chi connectivity index (χ2v) is 3.07. The number of carbonyl (C=O) groups is 1. The van der Waals surface area contributed by atoms with E-state index >= 15 is 0 Å². The fourth-order valence-corrected chi connectivity index (χ4v) is 1.48. The second kappa shape index (κ2) is 2.15. The first-order chi connectivity index (χ1) is 4.77. The van der Waals surface area contributed by atoms with Crippen LogP contribution < -0.4 is 0 Å². The number of ketones is 1. The predicted octanol–water partition coefficient (Wildman–Crippen LogP) is 0.589. The number of carbonyl (C=O) groups excluding carboxylic acids is 1.